The van der Waals surface area contributed by atoms with Crippen molar-refractivity contribution in [2.24, 2.45) is 0 Å². The van der Waals surface area contributed by atoms with E-state index in [1.807, 2.05) is 0 Å². The molecule has 1 amide bonds. The van der Waals surface area contributed by atoms with Gasteiger partial charge in [-0.25, -0.2) is 12.7 Å². The number of carboxylic acid groups (broad SMARTS) is 1. The van der Waals surface area contributed by atoms with Crippen LogP contribution in [0.3, 0.4) is 0 Å². The van der Waals surface area contributed by atoms with Gasteiger partial charge in [0.2, 0.25) is 10.0 Å². The first kappa shape index (κ1) is 17.6. The third kappa shape index (κ3) is 4.02. The van der Waals surface area contributed by atoms with Gasteiger partial charge in [-0.1, -0.05) is 0 Å². The zero-order valence-corrected chi connectivity index (χ0v) is 14.0. The van der Waals surface area contributed by atoms with Gasteiger partial charge in [0.1, 0.15) is 6.04 Å². The molecule has 1 aromatic carbocycles. The predicted molar refractivity (Wildman–Crippen MR) is 79.6 cm³/mol. The molecule has 0 bridgehead atoms. The molecule has 0 fully saturated rings. The molecule has 116 valence electrons. The average molecular weight is 379 g/mol. The number of nitrogens with one attached hydrogen (secondary N) is 1. The highest BCUT2D eigenvalue weighted by Crippen LogP contribution is 2.25. The van der Waals surface area contributed by atoms with Gasteiger partial charge in [-0.2, -0.15) is 0 Å². The largest absolute Gasteiger partial charge is 0.480 e. The quantitative estimate of drug-likeness (QED) is 0.791. The fraction of sp³-hybridized carbons (Fsp3) is 0.333. The number of hydrogen-bond acceptors (Lipinski definition) is 4. The lowest BCUT2D eigenvalue weighted by Crippen LogP contribution is -2.38. The van der Waals surface area contributed by atoms with E-state index in [-0.39, 0.29) is 14.9 Å². The third-order valence-electron chi connectivity index (χ3n) is 2.67. The van der Waals surface area contributed by atoms with Crippen LogP contribution in [0.15, 0.2) is 27.6 Å². The summed E-state index contributed by atoms with van der Waals surface area (Å²) in [7, 11) is -0.826. The Bertz CT molecular complexity index is 672. The molecule has 1 rings (SSSR count). The van der Waals surface area contributed by atoms with Crippen LogP contribution in [0.1, 0.15) is 17.3 Å². The van der Waals surface area contributed by atoms with E-state index in [0.29, 0.717) is 0 Å². The van der Waals surface area contributed by atoms with Crippen LogP contribution in [0.4, 0.5) is 0 Å². The van der Waals surface area contributed by atoms with E-state index in [1.165, 1.54) is 39.2 Å². The van der Waals surface area contributed by atoms with Crippen LogP contribution in [0, 0.1) is 0 Å². The molecule has 0 saturated carbocycles. The molecule has 0 aliphatic carbocycles. The summed E-state index contributed by atoms with van der Waals surface area (Å²) in [5.41, 5.74) is 0.160. The summed E-state index contributed by atoms with van der Waals surface area (Å²) >= 11 is 3.11. The van der Waals surface area contributed by atoms with Gasteiger partial charge in [0, 0.05) is 24.1 Å². The highest BCUT2D eigenvalue weighted by Gasteiger charge is 2.22. The molecule has 1 aromatic rings. The van der Waals surface area contributed by atoms with Crippen molar-refractivity contribution in [3.05, 3.63) is 28.2 Å². The molecular weight excluding hydrogens is 364 g/mol. The lowest BCUT2D eigenvalue weighted by molar-refractivity contribution is -0.138. The zero-order valence-electron chi connectivity index (χ0n) is 11.6. The van der Waals surface area contributed by atoms with Crippen LogP contribution in [0.5, 0.6) is 0 Å². The van der Waals surface area contributed by atoms with E-state index in [1.54, 1.807) is 0 Å². The molecule has 1 atom stereocenters. The average Bonchev–Trinajstić information content (AvgIpc) is 2.37. The number of hydrogen-bond donors (Lipinski definition) is 2. The first-order chi connectivity index (χ1) is 9.57. The number of benzene rings is 1. The minimum Gasteiger partial charge on any atom is -0.480 e. The number of carbonyl (C=O) groups is 2. The van der Waals surface area contributed by atoms with Gasteiger partial charge in [0.25, 0.3) is 5.91 Å². The smallest absolute Gasteiger partial charge is 0.325 e. The Morgan fingerprint density at radius 3 is 2.33 bits per heavy atom. The molecule has 2 N–H and O–H groups in total. The number of nitrogens with zero attached hydrogens (tertiary/aromatic N) is 1. The van der Waals surface area contributed by atoms with E-state index < -0.39 is 27.9 Å². The van der Waals surface area contributed by atoms with Gasteiger partial charge in [-0.05, 0) is 41.1 Å². The molecule has 0 aromatic heterocycles. The molecule has 9 heteroatoms. The molecule has 0 radical (unpaired) electrons. The van der Waals surface area contributed by atoms with Crippen LogP contribution in [-0.2, 0) is 14.8 Å². The Balaban J connectivity index is 3.09. The zero-order chi connectivity index (χ0) is 16.4. The second-order valence-corrected chi connectivity index (χ2v) is 7.44. The number of sulfonamides is 1. The number of rotatable bonds is 5. The van der Waals surface area contributed by atoms with Gasteiger partial charge < -0.3 is 10.4 Å². The minimum atomic E-state index is -3.63. The van der Waals surface area contributed by atoms with Crippen molar-refractivity contribution >= 4 is 37.8 Å². The van der Waals surface area contributed by atoms with Crippen LogP contribution in [0.25, 0.3) is 0 Å². The van der Waals surface area contributed by atoms with Gasteiger partial charge in [0.05, 0.1) is 4.90 Å². The Kier molecular flexibility index (Phi) is 5.48. The van der Waals surface area contributed by atoms with Crippen molar-refractivity contribution in [1.29, 1.82) is 0 Å². The number of carbonyl (C=O) groups excluding carboxylic acids is 1. The summed E-state index contributed by atoms with van der Waals surface area (Å²) < 4.78 is 25.3. The molecule has 0 aliphatic heterocycles. The number of halogens is 1. The van der Waals surface area contributed by atoms with Crippen molar-refractivity contribution in [2.45, 2.75) is 17.9 Å². The van der Waals surface area contributed by atoms with Crippen molar-refractivity contribution in [2.75, 3.05) is 14.1 Å². The molecule has 21 heavy (non-hydrogen) atoms. The Morgan fingerprint density at radius 2 is 1.90 bits per heavy atom. The van der Waals surface area contributed by atoms with Gasteiger partial charge >= 0.3 is 5.97 Å². The molecule has 0 aliphatic rings. The van der Waals surface area contributed by atoms with E-state index in [9.17, 15) is 18.0 Å². The third-order valence-corrected chi connectivity index (χ3v) is 5.46. The first-order valence-electron chi connectivity index (χ1n) is 5.83. The summed E-state index contributed by atoms with van der Waals surface area (Å²) in [5, 5.41) is 11.0. The van der Waals surface area contributed by atoms with Crippen molar-refractivity contribution in [3.63, 3.8) is 0 Å². The van der Waals surface area contributed by atoms with Crippen molar-refractivity contribution < 1.29 is 23.1 Å². The van der Waals surface area contributed by atoms with Crippen molar-refractivity contribution in [3.8, 4) is 0 Å². The molecule has 0 heterocycles. The van der Waals surface area contributed by atoms with E-state index in [0.717, 1.165) is 4.31 Å². The lowest BCUT2D eigenvalue weighted by atomic mass is 10.2. The summed E-state index contributed by atoms with van der Waals surface area (Å²) in [5.74, 6) is -1.76. The summed E-state index contributed by atoms with van der Waals surface area (Å²) in [6.45, 7) is 1.33. The molecular formula is C12H15BrN2O5S. The van der Waals surface area contributed by atoms with Gasteiger partial charge in [0.15, 0.2) is 0 Å². The topological polar surface area (TPSA) is 104 Å². The maximum Gasteiger partial charge on any atom is 0.325 e. The molecule has 0 saturated heterocycles. The number of aliphatic carboxylic acids is 1. The van der Waals surface area contributed by atoms with E-state index >= 15 is 0 Å². The molecule has 7 nitrogen and oxygen atoms in total. The second kappa shape index (κ2) is 6.54. The SMILES string of the molecule is CC(NC(=O)c1ccc(S(=O)(=O)N(C)C)c(Br)c1)C(=O)O. The molecule has 1 unspecified atom stereocenters. The lowest BCUT2D eigenvalue weighted by Gasteiger charge is -2.14. The maximum absolute atomic E-state index is 12.0. The van der Waals surface area contributed by atoms with Crippen LogP contribution >= 0.6 is 15.9 Å². The maximum atomic E-state index is 12.0. The Hall–Kier alpha value is -1.45. The summed E-state index contributed by atoms with van der Waals surface area (Å²) in [6, 6.07) is 2.91. The van der Waals surface area contributed by atoms with Gasteiger partial charge in [-0.15, -0.1) is 0 Å². The van der Waals surface area contributed by atoms with E-state index in [2.05, 4.69) is 21.2 Å². The van der Waals surface area contributed by atoms with Crippen LogP contribution in [-0.4, -0.2) is 49.8 Å². The first-order valence-corrected chi connectivity index (χ1v) is 8.06. The predicted octanol–water partition coefficient (Wildman–Crippen LogP) is 0.902. The fourth-order valence-corrected chi connectivity index (χ4v) is 3.32. The molecule has 0 spiro atoms. The fourth-order valence-electron chi connectivity index (χ4n) is 1.39. The van der Waals surface area contributed by atoms with E-state index in [4.69, 9.17) is 5.11 Å². The monoisotopic (exact) mass is 378 g/mol. The van der Waals surface area contributed by atoms with Crippen molar-refractivity contribution in [1.82, 2.24) is 9.62 Å². The summed E-state index contributed by atoms with van der Waals surface area (Å²) in [4.78, 5) is 22.6. The second-order valence-electron chi connectivity index (χ2n) is 4.47. The van der Waals surface area contributed by atoms with Crippen LogP contribution < -0.4 is 5.32 Å². The minimum absolute atomic E-state index is 0.0235. The highest BCUT2D eigenvalue weighted by atomic mass is 79.9. The Morgan fingerprint density at radius 1 is 1.33 bits per heavy atom. The normalized spacial score (nSPS) is 13.0. The Labute approximate surface area is 131 Å². The number of amides is 1. The standard InChI is InChI=1S/C12H15BrN2O5S/c1-7(12(17)18)14-11(16)8-4-5-10(9(13)6-8)21(19,20)15(2)3/h4-7H,1-3H3,(H,14,16)(H,17,18). The van der Waals surface area contributed by atoms with Crippen LogP contribution in [0.2, 0.25) is 0 Å². The summed E-state index contributed by atoms with van der Waals surface area (Å²) in [6.07, 6.45) is 0. The van der Waals surface area contributed by atoms with Gasteiger partial charge in [-0.3, -0.25) is 9.59 Å². The number of carboxylic acids is 1. The highest BCUT2D eigenvalue weighted by molar-refractivity contribution is 9.10.